The van der Waals surface area contributed by atoms with Gasteiger partial charge in [-0.1, -0.05) is 0 Å². The Balaban J connectivity index is 2.11. The van der Waals surface area contributed by atoms with E-state index in [2.05, 4.69) is 4.57 Å². The van der Waals surface area contributed by atoms with Crippen LogP contribution in [0, 0.1) is 0 Å². The van der Waals surface area contributed by atoms with Gasteiger partial charge in [-0.15, -0.1) is 11.3 Å². The number of aromatic nitrogens is 1. The summed E-state index contributed by atoms with van der Waals surface area (Å²) in [4.78, 5) is 17.2. The van der Waals surface area contributed by atoms with E-state index in [1.807, 2.05) is 43.5 Å². The van der Waals surface area contributed by atoms with Crippen LogP contribution >= 0.6 is 11.3 Å². The lowest BCUT2D eigenvalue weighted by Gasteiger charge is -2.17. The fourth-order valence-corrected chi connectivity index (χ4v) is 4.16. The predicted molar refractivity (Wildman–Crippen MR) is 117 cm³/mol. The zero-order valence-electron chi connectivity index (χ0n) is 17.2. The Labute approximate surface area is 179 Å². The van der Waals surface area contributed by atoms with Crippen LogP contribution in [0.3, 0.4) is 0 Å². The molecule has 0 fully saturated rings. The van der Waals surface area contributed by atoms with E-state index in [0.717, 1.165) is 27.5 Å². The van der Waals surface area contributed by atoms with E-state index in [9.17, 15) is 9.90 Å². The topological polar surface area (TPSA) is 99.1 Å². The van der Waals surface area contributed by atoms with E-state index in [4.69, 9.17) is 20.2 Å². The number of nitrogens with zero attached hydrogens (tertiary/aromatic N) is 2. The molecule has 0 bridgehead atoms. The SMILES string of the molecule is CCOc1ccc(N=c2scc(-c3ccc(O)c(C(N)=O)c3)n2C(C)COC)cc1. The quantitative estimate of drug-likeness (QED) is 0.570. The van der Waals surface area contributed by atoms with E-state index in [-0.39, 0.29) is 17.4 Å². The highest BCUT2D eigenvalue weighted by Gasteiger charge is 2.17. The van der Waals surface area contributed by atoms with Gasteiger partial charge in [0.1, 0.15) is 11.5 Å². The molecule has 0 saturated carbocycles. The van der Waals surface area contributed by atoms with E-state index >= 15 is 0 Å². The first kappa shape index (κ1) is 21.6. The number of benzene rings is 2. The lowest BCUT2D eigenvalue weighted by atomic mass is 10.1. The Morgan fingerprint density at radius 3 is 2.63 bits per heavy atom. The minimum atomic E-state index is -0.680. The van der Waals surface area contributed by atoms with Gasteiger partial charge in [0.05, 0.1) is 36.2 Å². The summed E-state index contributed by atoms with van der Waals surface area (Å²) in [6.45, 7) is 5.07. The first-order chi connectivity index (χ1) is 14.4. The second kappa shape index (κ2) is 9.60. The highest BCUT2D eigenvalue weighted by Crippen LogP contribution is 2.28. The number of amides is 1. The highest BCUT2D eigenvalue weighted by atomic mass is 32.1. The second-order valence-electron chi connectivity index (χ2n) is 6.71. The largest absolute Gasteiger partial charge is 0.507 e. The van der Waals surface area contributed by atoms with Crippen molar-refractivity contribution in [3.63, 3.8) is 0 Å². The first-order valence-corrected chi connectivity index (χ1v) is 10.4. The molecule has 1 amide bonds. The Hall–Kier alpha value is -3.10. The molecule has 0 radical (unpaired) electrons. The molecule has 158 valence electrons. The third kappa shape index (κ3) is 4.72. The molecule has 2 aromatic carbocycles. The molecule has 30 heavy (non-hydrogen) atoms. The molecule has 0 aliphatic rings. The van der Waals surface area contributed by atoms with E-state index in [0.29, 0.717) is 13.2 Å². The van der Waals surface area contributed by atoms with Gasteiger partial charge in [0.15, 0.2) is 4.80 Å². The van der Waals surface area contributed by atoms with Crippen LogP contribution in [0.25, 0.3) is 11.3 Å². The third-order valence-electron chi connectivity index (χ3n) is 4.52. The van der Waals surface area contributed by atoms with Gasteiger partial charge in [-0.2, -0.15) is 0 Å². The zero-order valence-corrected chi connectivity index (χ0v) is 18.0. The zero-order chi connectivity index (χ0) is 21.7. The molecule has 0 aliphatic heterocycles. The number of hydrogen-bond acceptors (Lipinski definition) is 6. The maximum absolute atomic E-state index is 11.7. The van der Waals surface area contributed by atoms with Gasteiger partial charge in [0.2, 0.25) is 0 Å². The number of methoxy groups -OCH3 is 1. The van der Waals surface area contributed by atoms with Crippen LogP contribution in [0.2, 0.25) is 0 Å². The number of carbonyl (C=O) groups is 1. The molecule has 1 unspecified atom stereocenters. The maximum atomic E-state index is 11.7. The molecule has 7 nitrogen and oxygen atoms in total. The van der Waals surface area contributed by atoms with Crippen LogP contribution in [-0.4, -0.2) is 35.9 Å². The number of primary amides is 1. The molecule has 0 aliphatic carbocycles. The molecule has 1 heterocycles. The van der Waals surface area contributed by atoms with Crippen LogP contribution in [0.1, 0.15) is 30.2 Å². The molecule has 0 spiro atoms. The molecule has 0 saturated heterocycles. The van der Waals surface area contributed by atoms with Crippen LogP contribution in [0.4, 0.5) is 5.69 Å². The molecule has 3 aromatic rings. The summed E-state index contributed by atoms with van der Waals surface area (Å²) in [7, 11) is 1.65. The van der Waals surface area contributed by atoms with Crippen LogP contribution in [-0.2, 0) is 4.74 Å². The summed E-state index contributed by atoms with van der Waals surface area (Å²) in [5.74, 6) is -0.0235. The summed E-state index contributed by atoms with van der Waals surface area (Å²) in [6, 6.07) is 12.4. The van der Waals surface area contributed by atoms with E-state index < -0.39 is 5.91 Å². The molecule has 1 aromatic heterocycles. The number of phenols is 1. The number of rotatable bonds is 8. The normalized spacial score (nSPS) is 12.7. The van der Waals surface area contributed by atoms with Crippen molar-refractivity contribution in [1.82, 2.24) is 4.57 Å². The molecule has 3 rings (SSSR count). The van der Waals surface area contributed by atoms with Crippen molar-refractivity contribution in [3.8, 4) is 22.8 Å². The summed E-state index contributed by atoms with van der Waals surface area (Å²) in [5, 5.41) is 11.9. The van der Waals surface area contributed by atoms with Crippen molar-refractivity contribution in [1.29, 1.82) is 0 Å². The number of hydrogen-bond donors (Lipinski definition) is 2. The maximum Gasteiger partial charge on any atom is 0.252 e. The number of carbonyl (C=O) groups excluding carboxylic acids is 1. The van der Waals surface area contributed by atoms with E-state index in [1.54, 1.807) is 19.2 Å². The van der Waals surface area contributed by atoms with Crippen LogP contribution in [0.15, 0.2) is 52.8 Å². The fraction of sp³-hybridized carbons (Fsp3) is 0.273. The summed E-state index contributed by atoms with van der Waals surface area (Å²) in [5.41, 5.74) is 7.89. The van der Waals surface area contributed by atoms with Crippen molar-refractivity contribution >= 4 is 22.9 Å². The Morgan fingerprint density at radius 1 is 1.27 bits per heavy atom. The van der Waals surface area contributed by atoms with E-state index in [1.165, 1.54) is 17.4 Å². The van der Waals surface area contributed by atoms with Crippen molar-refractivity contribution in [2.45, 2.75) is 19.9 Å². The van der Waals surface area contributed by atoms with Crippen LogP contribution in [0.5, 0.6) is 11.5 Å². The van der Waals surface area contributed by atoms with Gasteiger partial charge in [-0.05, 0) is 56.3 Å². The average molecular weight is 428 g/mol. The van der Waals surface area contributed by atoms with Crippen molar-refractivity contribution in [2.24, 2.45) is 10.7 Å². The molecular formula is C22H25N3O4S. The minimum Gasteiger partial charge on any atom is -0.507 e. The van der Waals surface area contributed by atoms with Gasteiger partial charge in [0, 0.05) is 18.1 Å². The van der Waals surface area contributed by atoms with Crippen molar-refractivity contribution in [3.05, 3.63) is 58.2 Å². The standard InChI is InChI=1S/C22H25N3O4S/c1-4-29-17-8-6-16(7-9-17)24-22-25(14(2)12-28-3)19(13-30-22)15-5-10-20(26)18(11-15)21(23)27/h5-11,13-14,26H,4,12H2,1-3H3,(H2,23,27). The third-order valence-corrected chi connectivity index (χ3v) is 5.36. The van der Waals surface area contributed by atoms with Gasteiger partial charge < -0.3 is 24.9 Å². The Bertz CT molecular complexity index is 1090. The first-order valence-electron chi connectivity index (χ1n) is 9.54. The monoisotopic (exact) mass is 427 g/mol. The molecule has 3 N–H and O–H groups in total. The highest BCUT2D eigenvalue weighted by molar-refractivity contribution is 7.07. The smallest absolute Gasteiger partial charge is 0.252 e. The fourth-order valence-electron chi connectivity index (χ4n) is 3.14. The van der Waals surface area contributed by atoms with Gasteiger partial charge in [-0.25, -0.2) is 4.99 Å². The molecule has 8 heteroatoms. The number of aromatic hydroxyl groups is 1. The summed E-state index contributed by atoms with van der Waals surface area (Å²) >= 11 is 1.48. The summed E-state index contributed by atoms with van der Waals surface area (Å²) in [6.07, 6.45) is 0. The van der Waals surface area contributed by atoms with Gasteiger partial charge in [0.25, 0.3) is 5.91 Å². The average Bonchev–Trinajstić information content (AvgIpc) is 3.13. The van der Waals surface area contributed by atoms with Crippen molar-refractivity contribution in [2.75, 3.05) is 20.3 Å². The summed E-state index contributed by atoms with van der Waals surface area (Å²) < 4.78 is 12.9. The molecule has 1 atom stereocenters. The lowest BCUT2D eigenvalue weighted by Crippen LogP contribution is -2.23. The Kier molecular flexibility index (Phi) is 6.91. The lowest BCUT2D eigenvalue weighted by molar-refractivity contribution is 0.0998. The molecular weight excluding hydrogens is 402 g/mol. The second-order valence-corrected chi connectivity index (χ2v) is 7.55. The van der Waals surface area contributed by atoms with Gasteiger partial charge in [-0.3, -0.25) is 4.79 Å². The number of ether oxygens (including phenoxy) is 2. The van der Waals surface area contributed by atoms with Crippen LogP contribution < -0.4 is 15.3 Å². The number of thiazole rings is 1. The minimum absolute atomic E-state index is 0.0106. The van der Waals surface area contributed by atoms with Crippen molar-refractivity contribution < 1.29 is 19.4 Å². The van der Waals surface area contributed by atoms with Gasteiger partial charge >= 0.3 is 0 Å². The Morgan fingerprint density at radius 2 is 2.00 bits per heavy atom. The number of nitrogens with two attached hydrogens (primary N) is 1. The predicted octanol–water partition coefficient (Wildman–Crippen LogP) is 3.86.